The first kappa shape index (κ1) is 21.4. The number of pyridine rings is 1. The zero-order valence-corrected chi connectivity index (χ0v) is 19.4. The number of hydrogen-bond donors (Lipinski definition) is 0. The van der Waals surface area contributed by atoms with Gasteiger partial charge in [-0.15, -0.1) is 0 Å². The highest BCUT2D eigenvalue weighted by atomic mass is 35.5. The van der Waals surface area contributed by atoms with Crippen LogP contribution >= 0.6 is 11.6 Å². The molecule has 35 heavy (non-hydrogen) atoms. The zero-order valence-electron chi connectivity index (χ0n) is 18.7. The third kappa shape index (κ3) is 4.26. The number of fused-ring (bicyclic) bond motifs is 1. The van der Waals surface area contributed by atoms with E-state index in [1.807, 2.05) is 54.6 Å². The van der Waals surface area contributed by atoms with Crippen LogP contribution < -0.4 is 4.90 Å². The Kier molecular flexibility index (Phi) is 5.47. The van der Waals surface area contributed by atoms with E-state index in [0.717, 1.165) is 48.1 Å². The van der Waals surface area contributed by atoms with E-state index in [-0.39, 0.29) is 11.6 Å². The van der Waals surface area contributed by atoms with Crippen LogP contribution in [0.1, 0.15) is 24.0 Å². The molecule has 0 bridgehead atoms. The molecule has 2 aromatic carbocycles. The van der Waals surface area contributed by atoms with Gasteiger partial charge < -0.3 is 9.64 Å². The standard InChI is InChI=1S/C27H20ClN5O2/c28-19-9-7-18(8-10-19)23-14-21(20-5-1-2-6-22(20)31-23)25-32-24(26(34)35-25)13-17-15-29-27(30-16-17)33-11-3-4-12-33/h1-2,5-10,13-16H,3-4,11-12H2. The van der Waals surface area contributed by atoms with Gasteiger partial charge in [0, 0.05) is 52.6 Å². The van der Waals surface area contributed by atoms with Crippen LogP contribution in [0, 0.1) is 0 Å². The molecular formula is C27H20ClN5O2. The van der Waals surface area contributed by atoms with E-state index < -0.39 is 5.97 Å². The lowest BCUT2D eigenvalue weighted by Gasteiger charge is -2.14. The first-order valence-electron chi connectivity index (χ1n) is 11.4. The third-order valence-electron chi connectivity index (χ3n) is 6.06. The van der Waals surface area contributed by atoms with E-state index in [1.54, 1.807) is 18.5 Å². The molecule has 0 radical (unpaired) electrons. The van der Waals surface area contributed by atoms with E-state index in [1.165, 1.54) is 0 Å². The highest BCUT2D eigenvalue weighted by Crippen LogP contribution is 2.29. The second-order valence-electron chi connectivity index (χ2n) is 8.43. The Balaban J connectivity index is 1.37. The van der Waals surface area contributed by atoms with Gasteiger partial charge >= 0.3 is 5.97 Å². The molecule has 0 saturated carbocycles. The van der Waals surface area contributed by atoms with Gasteiger partial charge in [0.1, 0.15) is 0 Å². The number of carbonyl (C=O) groups is 1. The van der Waals surface area contributed by atoms with E-state index in [4.69, 9.17) is 21.3 Å². The Hall–Kier alpha value is -4.10. The summed E-state index contributed by atoms with van der Waals surface area (Å²) < 4.78 is 5.60. The van der Waals surface area contributed by atoms with Crippen LogP contribution in [-0.4, -0.2) is 39.9 Å². The van der Waals surface area contributed by atoms with E-state index in [0.29, 0.717) is 22.1 Å². The number of ether oxygens (including phenoxy) is 1. The molecule has 0 spiro atoms. The van der Waals surface area contributed by atoms with Crippen molar-refractivity contribution in [3.8, 4) is 11.3 Å². The van der Waals surface area contributed by atoms with Gasteiger partial charge in [0.25, 0.3) is 0 Å². The van der Waals surface area contributed by atoms with Gasteiger partial charge in [0.2, 0.25) is 11.8 Å². The highest BCUT2D eigenvalue weighted by Gasteiger charge is 2.26. The molecule has 2 aliphatic heterocycles. The van der Waals surface area contributed by atoms with Gasteiger partial charge in [0.05, 0.1) is 11.2 Å². The summed E-state index contributed by atoms with van der Waals surface area (Å²) in [6.45, 7) is 1.94. The minimum Gasteiger partial charge on any atom is -0.402 e. The summed E-state index contributed by atoms with van der Waals surface area (Å²) in [5.74, 6) is 0.433. The second kappa shape index (κ2) is 8.92. The first-order chi connectivity index (χ1) is 17.1. The fourth-order valence-electron chi connectivity index (χ4n) is 4.29. The molecule has 4 heterocycles. The number of anilines is 1. The Morgan fingerprint density at radius 2 is 1.71 bits per heavy atom. The van der Waals surface area contributed by atoms with Crippen molar-refractivity contribution < 1.29 is 9.53 Å². The van der Waals surface area contributed by atoms with Crippen LogP contribution in [0.2, 0.25) is 5.02 Å². The molecule has 0 N–H and O–H groups in total. The first-order valence-corrected chi connectivity index (χ1v) is 11.8. The minimum absolute atomic E-state index is 0.200. The number of cyclic esters (lactones) is 1. The number of carbonyl (C=O) groups excluding carboxylic acids is 1. The SMILES string of the molecule is O=C1OC(c2cc(-c3ccc(Cl)cc3)nc3ccccc23)=NC1=Cc1cnc(N2CCCC2)nc1. The molecule has 4 aromatic rings. The highest BCUT2D eigenvalue weighted by molar-refractivity contribution is 6.30. The Bertz CT molecular complexity index is 1490. The van der Waals surface area contributed by atoms with Crippen molar-refractivity contribution in [2.24, 2.45) is 4.99 Å². The van der Waals surface area contributed by atoms with Gasteiger partial charge in [-0.1, -0.05) is 41.9 Å². The van der Waals surface area contributed by atoms with Crippen molar-refractivity contribution in [3.05, 3.63) is 88.8 Å². The predicted octanol–water partition coefficient (Wildman–Crippen LogP) is 5.29. The lowest BCUT2D eigenvalue weighted by Crippen LogP contribution is -2.20. The number of halogens is 1. The van der Waals surface area contributed by atoms with Crippen LogP contribution in [0.5, 0.6) is 0 Å². The molecule has 1 saturated heterocycles. The number of benzene rings is 2. The van der Waals surface area contributed by atoms with Crippen molar-refractivity contribution in [3.63, 3.8) is 0 Å². The summed E-state index contributed by atoms with van der Waals surface area (Å²) >= 11 is 6.05. The second-order valence-corrected chi connectivity index (χ2v) is 8.86. The predicted molar refractivity (Wildman–Crippen MR) is 136 cm³/mol. The number of hydrogen-bond acceptors (Lipinski definition) is 7. The maximum Gasteiger partial charge on any atom is 0.363 e. The number of aromatic nitrogens is 3. The van der Waals surface area contributed by atoms with Crippen molar-refractivity contribution >= 4 is 46.4 Å². The number of para-hydroxylation sites is 1. The Labute approximate surface area is 206 Å². The number of nitrogens with zero attached hydrogens (tertiary/aromatic N) is 5. The number of aliphatic imine (C=N–C) groups is 1. The zero-order chi connectivity index (χ0) is 23.8. The molecular weight excluding hydrogens is 462 g/mol. The molecule has 8 heteroatoms. The van der Waals surface area contributed by atoms with Gasteiger partial charge in [-0.25, -0.2) is 24.7 Å². The normalized spacial score (nSPS) is 16.7. The maximum absolute atomic E-state index is 12.7. The Morgan fingerprint density at radius 3 is 2.49 bits per heavy atom. The van der Waals surface area contributed by atoms with Crippen molar-refractivity contribution in [2.45, 2.75) is 12.8 Å². The van der Waals surface area contributed by atoms with E-state index in [9.17, 15) is 4.79 Å². The van der Waals surface area contributed by atoms with Crippen LogP contribution in [0.15, 0.2) is 77.7 Å². The molecule has 0 aliphatic carbocycles. The van der Waals surface area contributed by atoms with Crippen LogP contribution in [0.4, 0.5) is 5.95 Å². The molecule has 2 aromatic heterocycles. The smallest absolute Gasteiger partial charge is 0.363 e. The van der Waals surface area contributed by atoms with E-state index >= 15 is 0 Å². The third-order valence-corrected chi connectivity index (χ3v) is 6.31. The largest absolute Gasteiger partial charge is 0.402 e. The Morgan fingerprint density at radius 1 is 0.971 bits per heavy atom. The monoisotopic (exact) mass is 481 g/mol. The van der Waals surface area contributed by atoms with Crippen LogP contribution in [0.3, 0.4) is 0 Å². The summed E-state index contributed by atoms with van der Waals surface area (Å²) in [5.41, 5.74) is 3.99. The minimum atomic E-state index is -0.516. The van der Waals surface area contributed by atoms with Crippen LogP contribution in [0.25, 0.3) is 28.2 Å². The van der Waals surface area contributed by atoms with Crippen molar-refractivity contribution in [2.75, 3.05) is 18.0 Å². The van der Waals surface area contributed by atoms with Crippen molar-refractivity contribution in [1.29, 1.82) is 0 Å². The van der Waals surface area contributed by atoms with Crippen molar-refractivity contribution in [1.82, 2.24) is 15.0 Å². The molecule has 7 nitrogen and oxygen atoms in total. The average Bonchev–Trinajstić information content (AvgIpc) is 3.55. The number of esters is 1. The summed E-state index contributed by atoms with van der Waals surface area (Å²) in [4.78, 5) is 33.0. The fraction of sp³-hybridized carbons (Fsp3) is 0.148. The summed E-state index contributed by atoms with van der Waals surface area (Å²) in [5, 5.41) is 1.49. The molecule has 1 fully saturated rings. The summed E-state index contributed by atoms with van der Waals surface area (Å²) in [7, 11) is 0. The van der Waals surface area contributed by atoms with Crippen LogP contribution in [-0.2, 0) is 9.53 Å². The fourth-order valence-corrected chi connectivity index (χ4v) is 4.42. The molecule has 172 valence electrons. The molecule has 0 atom stereocenters. The maximum atomic E-state index is 12.7. The van der Waals surface area contributed by atoms with Gasteiger partial charge in [-0.05, 0) is 43.2 Å². The molecule has 0 unspecified atom stereocenters. The summed E-state index contributed by atoms with van der Waals surface area (Å²) in [6, 6.07) is 17.0. The van der Waals surface area contributed by atoms with E-state index in [2.05, 4.69) is 19.9 Å². The quantitative estimate of drug-likeness (QED) is 0.291. The lowest BCUT2D eigenvalue weighted by molar-refractivity contribution is -0.129. The molecule has 0 amide bonds. The topological polar surface area (TPSA) is 80.6 Å². The van der Waals surface area contributed by atoms with Gasteiger partial charge in [-0.2, -0.15) is 0 Å². The molecule has 2 aliphatic rings. The molecule has 6 rings (SSSR count). The van der Waals surface area contributed by atoms with Gasteiger partial charge in [0.15, 0.2) is 5.70 Å². The summed E-state index contributed by atoms with van der Waals surface area (Å²) in [6.07, 6.45) is 7.36. The number of rotatable bonds is 4. The average molecular weight is 482 g/mol. The lowest BCUT2D eigenvalue weighted by atomic mass is 10.0. The van der Waals surface area contributed by atoms with Gasteiger partial charge in [-0.3, -0.25) is 0 Å².